The molecule has 1 N–H and O–H groups in total. The van der Waals surface area contributed by atoms with Crippen LogP contribution < -0.4 is 19.5 Å². The van der Waals surface area contributed by atoms with Crippen LogP contribution in [0.25, 0.3) is 0 Å². The van der Waals surface area contributed by atoms with Crippen LogP contribution in [0.15, 0.2) is 29.6 Å². The number of anilines is 1. The van der Waals surface area contributed by atoms with Crippen molar-refractivity contribution in [3.63, 3.8) is 0 Å². The summed E-state index contributed by atoms with van der Waals surface area (Å²) >= 11 is 1.46. The quantitative estimate of drug-likeness (QED) is 0.689. The number of benzene rings is 1. The number of thiophene rings is 1. The highest BCUT2D eigenvalue weighted by Crippen LogP contribution is 2.39. The van der Waals surface area contributed by atoms with Gasteiger partial charge in [0.05, 0.1) is 26.2 Å². The van der Waals surface area contributed by atoms with Crippen molar-refractivity contribution < 1.29 is 23.8 Å². The van der Waals surface area contributed by atoms with Gasteiger partial charge >= 0.3 is 0 Å². The van der Waals surface area contributed by atoms with Gasteiger partial charge in [-0.15, -0.1) is 11.3 Å². The predicted octanol–water partition coefficient (Wildman–Crippen LogP) is 2.56. The van der Waals surface area contributed by atoms with Gasteiger partial charge in [0, 0.05) is 57.0 Å². The van der Waals surface area contributed by atoms with E-state index in [1.807, 2.05) is 22.4 Å². The first-order valence-electron chi connectivity index (χ1n) is 9.70. The topological polar surface area (TPSA) is 80.3 Å². The Labute approximate surface area is 180 Å². The predicted molar refractivity (Wildman–Crippen MR) is 116 cm³/mol. The molecular formula is C21H27N3O5S. The van der Waals surface area contributed by atoms with Gasteiger partial charge in [-0.1, -0.05) is 6.07 Å². The second-order valence-electron chi connectivity index (χ2n) is 6.82. The maximum absolute atomic E-state index is 12.4. The van der Waals surface area contributed by atoms with Crippen molar-refractivity contribution in [1.29, 1.82) is 0 Å². The first kappa shape index (κ1) is 21.9. The summed E-state index contributed by atoms with van der Waals surface area (Å²) in [7, 11) is 4.60. The normalized spacial score (nSPS) is 14.3. The minimum absolute atomic E-state index is 0.0878. The third-order valence-electron chi connectivity index (χ3n) is 5.00. The monoisotopic (exact) mass is 433 g/mol. The molecule has 2 heterocycles. The Morgan fingerprint density at radius 2 is 1.70 bits per heavy atom. The van der Waals surface area contributed by atoms with E-state index < -0.39 is 0 Å². The third kappa shape index (κ3) is 5.22. The van der Waals surface area contributed by atoms with Gasteiger partial charge in [-0.25, -0.2) is 0 Å². The number of carbonyl (C=O) groups excluding carboxylic acids is 2. The summed E-state index contributed by atoms with van der Waals surface area (Å²) in [5.74, 6) is 1.44. The number of nitrogens with one attached hydrogen (secondary N) is 1. The minimum atomic E-state index is -0.0960. The number of rotatable bonds is 8. The van der Waals surface area contributed by atoms with E-state index in [0.29, 0.717) is 49.0 Å². The van der Waals surface area contributed by atoms with Crippen LogP contribution in [0.4, 0.5) is 5.69 Å². The van der Waals surface area contributed by atoms with Crippen molar-refractivity contribution in [3.8, 4) is 17.2 Å². The Morgan fingerprint density at radius 1 is 1.03 bits per heavy atom. The van der Waals surface area contributed by atoms with Crippen LogP contribution in [0, 0.1) is 0 Å². The molecule has 1 aliphatic rings. The molecule has 0 bridgehead atoms. The Hall–Kier alpha value is -2.78. The van der Waals surface area contributed by atoms with E-state index in [1.54, 1.807) is 12.1 Å². The van der Waals surface area contributed by atoms with Crippen molar-refractivity contribution in [1.82, 2.24) is 9.80 Å². The van der Waals surface area contributed by atoms with Crippen molar-refractivity contribution in [2.75, 3.05) is 59.4 Å². The summed E-state index contributed by atoms with van der Waals surface area (Å²) in [6, 6.07) is 7.15. The number of methoxy groups -OCH3 is 3. The molecule has 1 aromatic carbocycles. The zero-order chi connectivity index (χ0) is 21.5. The number of nitrogens with zero attached hydrogens (tertiary/aromatic N) is 2. The van der Waals surface area contributed by atoms with Crippen molar-refractivity contribution >= 4 is 28.8 Å². The Kier molecular flexibility index (Phi) is 7.53. The molecule has 0 atom stereocenters. The molecule has 2 amide bonds. The fraction of sp³-hybridized carbons (Fsp3) is 0.429. The molecule has 162 valence electrons. The van der Waals surface area contributed by atoms with Gasteiger partial charge in [-0.2, -0.15) is 0 Å². The second kappa shape index (κ2) is 10.3. The van der Waals surface area contributed by atoms with Crippen LogP contribution in [-0.4, -0.2) is 75.7 Å². The Balaban J connectivity index is 1.48. The molecule has 1 aliphatic heterocycles. The van der Waals surface area contributed by atoms with E-state index in [1.165, 1.54) is 32.7 Å². The van der Waals surface area contributed by atoms with E-state index in [-0.39, 0.29) is 11.8 Å². The molecule has 0 unspecified atom stereocenters. The summed E-state index contributed by atoms with van der Waals surface area (Å²) in [4.78, 5) is 29.7. The maximum atomic E-state index is 12.4. The third-order valence-corrected chi connectivity index (χ3v) is 5.85. The molecule has 3 rings (SSSR count). The summed E-state index contributed by atoms with van der Waals surface area (Å²) in [6.07, 6.45) is 0.357. The smallest absolute Gasteiger partial charge is 0.264 e. The second-order valence-corrected chi connectivity index (χ2v) is 7.77. The molecule has 2 aromatic rings. The van der Waals surface area contributed by atoms with Crippen molar-refractivity contribution in [2.45, 2.75) is 6.42 Å². The highest BCUT2D eigenvalue weighted by atomic mass is 32.1. The van der Waals surface area contributed by atoms with Crippen LogP contribution in [-0.2, 0) is 4.79 Å². The molecule has 9 heteroatoms. The van der Waals surface area contributed by atoms with E-state index in [0.717, 1.165) is 18.0 Å². The van der Waals surface area contributed by atoms with Crippen LogP contribution in [0.2, 0.25) is 0 Å². The van der Waals surface area contributed by atoms with Gasteiger partial charge in [0.1, 0.15) is 0 Å². The first-order chi connectivity index (χ1) is 14.5. The number of hydrogen-bond acceptors (Lipinski definition) is 7. The van der Waals surface area contributed by atoms with Crippen molar-refractivity contribution in [2.24, 2.45) is 0 Å². The van der Waals surface area contributed by atoms with Crippen LogP contribution in [0.3, 0.4) is 0 Å². The average Bonchev–Trinajstić information content (AvgIpc) is 3.31. The summed E-state index contributed by atoms with van der Waals surface area (Å²) in [5, 5.41) is 4.80. The molecule has 0 spiro atoms. The van der Waals surface area contributed by atoms with Gasteiger partial charge in [-0.05, 0) is 11.4 Å². The molecule has 1 aromatic heterocycles. The van der Waals surface area contributed by atoms with Crippen LogP contribution >= 0.6 is 11.3 Å². The lowest BCUT2D eigenvalue weighted by Crippen LogP contribution is -2.49. The molecule has 1 fully saturated rings. The van der Waals surface area contributed by atoms with Gasteiger partial charge in [0.25, 0.3) is 5.91 Å². The number of amides is 2. The van der Waals surface area contributed by atoms with Gasteiger partial charge < -0.3 is 24.4 Å². The van der Waals surface area contributed by atoms with Gasteiger partial charge in [-0.3, -0.25) is 14.5 Å². The molecule has 0 radical (unpaired) electrons. The largest absolute Gasteiger partial charge is 0.493 e. The standard InChI is InChI=1S/C21H27N3O5S/c1-27-16-13-15(14-17(28-2)20(16)29-3)22-19(25)6-7-23-8-10-24(11-9-23)21(26)18-5-4-12-30-18/h4-5,12-14H,6-11H2,1-3H3,(H,22,25). The lowest BCUT2D eigenvalue weighted by Gasteiger charge is -2.34. The average molecular weight is 434 g/mol. The van der Waals surface area contributed by atoms with Gasteiger partial charge in [0.15, 0.2) is 11.5 Å². The molecule has 0 saturated carbocycles. The van der Waals surface area contributed by atoms with E-state index >= 15 is 0 Å². The van der Waals surface area contributed by atoms with Crippen LogP contribution in [0.5, 0.6) is 17.2 Å². The maximum Gasteiger partial charge on any atom is 0.264 e. The first-order valence-corrected chi connectivity index (χ1v) is 10.6. The lowest BCUT2D eigenvalue weighted by atomic mass is 10.2. The van der Waals surface area contributed by atoms with E-state index in [9.17, 15) is 9.59 Å². The van der Waals surface area contributed by atoms with Crippen molar-refractivity contribution in [3.05, 3.63) is 34.5 Å². The van der Waals surface area contributed by atoms with E-state index in [2.05, 4.69) is 10.2 Å². The number of carbonyl (C=O) groups is 2. The fourth-order valence-electron chi connectivity index (χ4n) is 3.37. The summed E-state index contributed by atoms with van der Waals surface area (Å²) in [6.45, 7) is 3.50. The molecule has 30 heavy (non-hydrogen) atoms. The minimum Gasteiger partial charge on any atom is -0.493 e. The zero-order valence-electron chi connectivity index (χ0n) is 17.5. The molecule has 8 nitrogen and oxygen atoms in total. The number of ether oxygens (including phenoxy) is 3. The number of piperazine rings is 1. The molecular weight excluding hydrogens is 406 g/mol. The SMILES string of the molecule is COc1cc(NC(=O)CCN2CCN(C(=O)c3cccs3)CC2)cc(OC)c1OC. The zero-order valence-corrected chi connectivity index (χ0v) is 18.3. The lowest BCUT2D eigenvalue weighted by molar-refractivity contribution is -0.116. The molecule has 0 aliphatic carbocycles. The highest BCUT2D eigenvalue weighted by molar-refractivity contribution is 7.12. The Bertz CT molecular complexity index is 839. The summed E-state index contributed by atoms with van der Waals surface area (Å²) in [5.41, 5.74) is 0.584. The van der Waals surface area contributed by atoms with E-state index in [4.69, 9.17) is 14.2 Å². The number of hydrogen-bond donors (Lipinski definition) is 1. The van der Waals surface area contributed by atoms with Gasteiger partial charge in [0.2, 0.25) is 11.7 Å². The highest BCUT2D eigenvalue weighted by Gasteiger charge is 2.23. The van der Waals surface area contributed by atoms with Crippen LogP contribution in [0.1, 0.15) is 16.1 Å². The summed E-state index contributed by atoms with van der Waals surface area (Å²) < 4.78 is 15.9. The fourth-order valence-corrected chi connectivity index (χ4v) is 4.06. The Morgan fingerprint density at radius 3 is 2.23 bits per heavy atom. The molecule has 1 saturated heterocycles.